The van der Waals surface area contributed by atoms with E-state index in [1.54, 1.807) is 36.4 Å². The number of nitrogens with zero attached hydrogens (tertiary/aromatic N) is 1. The van der Waals surface area contributed by atoms with Crippen LogP contribution >= 0.6 is 11.6 Å². The Bertz CT molecular complexity index is 766. The fourth-order valence-corrected chi connectivity index (χ4v) is 2.77. The Hall–Kier alpha value is -2.40. The Morgan fingerprint density at radius 1 is 1.17 bits per heavy atom. The highest BCUT2D eigenvalue weighted by atomic mass is 35.5. The summed E-state index contributed by atoms with van der Waals surface area (Å²) in [5, 5.41) is 3.14. The first-order chi connectivity index (χ1) is 11.1. The smallest absolute Gasteiger partial charge is 0.229 e. The van der Waals surface area contributed by atoms with Crippen LogP contribution in [0.4, 0.5) is 15.8 Å². The minimum Gasteiger partial charge on any atom is -0.324 e. The molecule has 2 aromatic rings. The van der Waals surface area contributed by atoms with Gasteiger partial charge >= 0.3 is 0 Å². The molecule has 0 aliphatic carbocycles. The normalized spacial score (nSPS) is 17.4. The first-order valence-corrected chi connectivity index (χ1v) is 7.54. The number of amides is 2. The molecule has 2 aromatic carbocycles. The largest absolute Gasteiger partial charge is 0.324 e. The molecule has 4 nitrogen and oxygen atoms in total. The lowest BCUT2D eigenvalue weighted by atomic mass is 10.1. The predicted octanol–water partition coefficient (Wildman–Crippen LogP) is 3.47. The minimum atomic E-state index is -0.543. The molecular weight excluding hydrogens is 319 g/mol. The van der Waals surface area contributed by atoms with Crippen LogP contribution in [0.5, 0.6) is 0 Å². The van der Waals surface area contributed by atoms with Crippen molar-refractivity contribution >= 4 is 34.8 Å². The van der Waals surface area contributed by atoms with Gasteiger partial charge in [-0.1, -0.05) is 35.9 Å². The minimum absolute atomic E-state index is 0.0463. The van der Waals surface area contributed by atoms with Crippen LogP contribution < -0.4 is 10.2 Å². The Morgan fingerprint density at radius 2 is 1.87 bits per heavy atom. The molecule has 1 N–H and O–H groups in total. The van der Waals surface area contributed by atoms with Crippen LogP contribution in [0.25, 0.3) is 0 Å². The van der Waals surface area contributed by atoms with Crippen LogP contribution in [0.1, 0.15) is 6.42 Å². The Labute approximate surface area is 137 Å². The summed E-state index contributed by atoms with van der Waals surface area (Å²) in [6, 6.07) is 12.9. The van der Waals surface area contributed by atoms with Crippen LogP contribution in [0.15, 0.2) is 48.5 Å². The summed E-state index contributed by atoms with van der Waals surface area (Å²) in [5.74, 6) is -1.59. The topological polar surface area (TPSA) is 49.4 Å². The van der Waals surface area contributed by atoms with Gasteiger partial charge in [0.15, 0.2) is 0 Å². The molecule has 118 valence electrons. The number of benzene rings is 2. The Kier molecular flexibility index (Phi) is 4.30. The zero-order chi connectivity index (χ0) is 16.4. The van der Waals surface area contributed by atoms with Gasteiger partial charge in [0, 0.05) is 13.0 Å². The van der Waals surface area contributed by atoms with E-state index >= 15 is 0 Å². The second kappa shape index (κ2) is 6.38. The van der Waals surface area contributed by atoms with Crippen molar-refractivity contribution in [1.29, 1.82) is 0 Å². The highest BCUT2D eigenvalue weighted by molar-refractivity contribution is 6.33. The van der Waals surface area contributed by atoms with Gasteiger partial charge in [0.05, 0.1) is 22.3 Å². The maximum Gasteiger partial charge on any atom is 0.229 e. The number of para-hydroxylation sites is 2. The van der Waals surface area contributed by atoms with Crippen LogP contribution in [-0.2, 0) is 9.59 Å². The van der Waals surface area contributed by atoms with E-state index in [0.29, 0.717) is 10.7 Å². The zero-order valence-corrected chi connectivity index (χ0v) is 12.9. The number of hydrogen-bond donors (Lipinski definition) is 1. The van der Waals surface area contributed by atoms with Gasteiger partial charge in [0.25, 0.3) is 0 Å². The summed E-state index contributed by atoms with van der Waals surface area (Å²) in [4.78, 5) is 25.8. The quantitative estimate of drug-likeness (QED) is 0.935. The van der Waals surface area contributed by atoms with Crippen LogP contribution in [-0.4, -0.2) is 18.4 Å². The molecule has 2 amide bonds. The molecular formula is C17H14ClFN2O2. The van der Waals surface area contributed by atoms with Crippen LogP contribution in [0.2, 0.25) is 5.02 Å². The maximum absolute atomic E-state index is 13.8. The molecule has 0 bridgehead atoms. The fraction of sp³-hybridized carbons (Fsp3) is 0.176. The standard InChI is InChI=1S/C17H14ClFN2O2/c18-12-5-1-3-7-14(12)20-17(23)11-9-16(22)21(10-11)15-8-4-2-6-13(15)19/h1-8,11H,9-10H2,(H,20,23). The van der Waals surface area contributed by atoms with Crippen molar-refractivity contribution in [1.82, 2.24) is 0 Å². The molecule has 1 fully saturated rings. The first-order valence-electron chi connectivity index (χ1n) is 7.16. The fourth-order valence-electron chi connectivity index (χ4n) is 2.58. The highest BCUT2D eigenvalue weighted by Crippen LogP contribution is 2.29. The molecule has 1 saturated heterocycles. The average Bonchev–Trinajstić information content (AvgIpc) is 2.92. The van der Waals surface area contributed by atoms with Crippen molar-refractivity contribution in [3.8, 4) is 0 Å². The average molecular weight is 333 g/mol. The van der Waals surface area contributed by atoms with E-state index in [0.717, 1.165) is 0 Å². The monoisotopic (exact) mass is 332 g/mol. The van der Waals surface area contributed by atoms with Crippen molar-refractivity contribution in [3.63, 3.8) is 0 Å². The molecule has 1 aliphatic heterocycles. The van der Waals surface area contributed by atoms with E-state index in [1.807, 2.05) is 0 Å². The number of carbonyl (C=O) groups is 2. The second-order valence-corrected chi connectivity index (χ2v) is 5.73. The Balaban J connectivity index is 1.74. The summed E-state index contributed by atoms with van der Waals surface area (Å²) in [6.07, 6.45) is 0.0463. The molecule has 1 unspecified atom stereocenters. The number of nitrogens with one attached hydrogen (secondary N) is 1. The van der Waals surface area contributed by atoms with Gasteiger partial charge in [-0.15, -0.1) is 0 Å². The third-order valence-corrected chi connectivity index (χ3v) is 4.10. The zero-order valence-electron chi connectivity index (χ0n) is 12.1. The van der Waals surface area contributed by atoms with Gasteiger partial charge in [-0.2, -0.15) is 0 Å². The number of anilines is 2. The predicted molar refractivity (Wildman–Crippen MR) is 86.9 cm³/mol. The van der Waals surface area contributed by atoms with Crippen molar-refractivity contribution in [2.24, 2.45) is 5.92 Å². The lowest BCUT2D eigenvalue weighted by molar-refractivity contribution is -0.122. The molecule has 3 rings (SSSR count). The molecule has 1 heterocycles. The van der Waals surface area contributed by atoms with Crippen molar-refractivity contribution in [2.75, 3.05) is 16.8 Å². The van der Waals surface area contributed by atoms with Crippen LogP contribution in [0, 0.1) is 11.7 Å². The third-order valence-electron chi connectivity index (χ3n) is 3.77. The first kappa shape index (κ1) is 15.5. The molecule has 0 aromatic heterocycles. The van der Waals surface area contributed by atoms with Crippen molar-refractivity contribution < 1.29 is 14.0 Å². The van der Waals surface area contributed by atoms with E-state index in [-0.39, 0.29) is 30.5 Å². The SMILES string of the molecule is O=C(Nc1ccccc1Cl)C1CC(=O)N(c2ccccc2F)C1. The van der Waals surface area contributed by atoms with E-state index in [9.17, 15) is 14.0 Å². The van der Waals surface area contributed by atoms with Gasteiger partial charge in [-0.05, 0) is 24.3 Å². The van der Waals surface area contributed by atoms with Gasteiger partial charge in [-0.25, -0.2) is 4.39 Å². The van der Waals surface area contributed by atoms with Crippen LogP contribution in [0.3, 0.4) is 0 Å². The Morgan fingerprint density at radius 3 is 2.61 bits per heavy atom. The summed E-state index contributed by atoms with van der Waals surface area (Å²) in [5.41, 5.74) is 0.696. The van der Waals surface area contributed by atoms with Gasteiger partial charge in [0.1, 0.15) is 5.82 Å². The number of halogens is 2. The summed E-state index contributed by atoms with van der Waals surface area (Å²) in [6.45, 7) is 0.149. The van der Waals surface area contributed by atoms with Gasteiger partial charge < -0.3 is 10.2 Å². The molecule has 6 heteroatoms. The molecule has 1 atom stereocenters. The molecule has 23 heavy (non-hydrogen) atoms. The molecule has 0 saturated carbocycles. The molecule has 0 radical (unpaired) electrons. The van der Waals surface area contributed by atoms with E-state index in [2.05, 4.69) is 5.32 Å². The maximum atomic E-state index is 13.8. The van der Waals surface area contributed by atoms with E-state index in [1.165, 1.54) is 17.0 Å². The number of hydrogen-bond acceptors (Lipinski definition) is 2. The second-order valence-electron chi connectivity index (χ2n) is 5.33. The van der Waals surface area contributed by atoms with E-state index in [4.69, 9.17) is 11.6 Å². The molecule has 0 spiro atoms. The third kappa shape index (κ3) is 3.19. The summed E-state index contributed by atoms with van der Waals surface area (Å²) >= 11 is 6.01. The lowest BCUT2D eigenvalue weighted by Crippen LogP contribution is -2.28. The van der Waals surface area contributed by atoms with E-state index < -0.39 is 11.7 Å². The van der Waals surface area contributed by atoms with Crippen molar-refractivity contribution in [3.05, 3.63) is 59.4 Å². The van der Waals surface area contributed by atoms with Gasteiger partial charge in [0.2, 0.25) is 11.8 Å². The number of rotatable bonds is 3. The number of carbonyl (C=O) groups excluding carboxylic acids is 2. The van der Waals surface area contributed by atoms with Gasteiger partial charge in [-0.3, -0.25) is 9.59 Å². The lowest BCUT2D eigenvalue weighted by Gasteiger charge is -2.17. The summed E-state index contributed by atoms with van der Waals surface area (Å²) < 4.78 is 13.8. The molecule has 1 aliphatic rings. The van der Waals surface area contributed by atoms with Crippen molar-refractivity contribution in [2.45, 2.75) is 6.42 Å². The summed E-state index contributed by atoms with van der Waals surface area (Å²) in [7, 11) is 0. The highest BCUT2D eigenvalue weighted by Gasteiger charge is 2.36.